The van der Waals surface area contributed by atoms with Crippen molar-refractivity contribution in [1.29, 1.82) is 0 Å². The highest BCUT2D eigenvalue weighted by atomic mass is 16.5. The fourth-order valence-corrected chi connectivity index (χ4v) is 2.88. The molecule has 0 saturated carbocycles. The molecule has 0 unspecified atom stereocenters. The smallest absolute Gasteiger partial charge is 0.337 e. The van der Waals surface area contributed by atoms with Crippen LogP contribution in [0.5, 0.6) is 0 Å². The lowest BCUT2D eigenvalue weighted by Gasteiger charge is -2.04. The minimum atomic E-state index is -0.340. The molecule has 0 aliphatic heterocycles. The Morgan fingerprint density at radius 2 is 1.78 bits per heavy atom. The van der Waals surface area contributed by atoms with E-state index >= 15 is 0 Å². The number of hydrogen-bond acceptors (Lipinski definition) is 3. The van der Waals surface area contributed by atoms with Crippen LogP contribution < -0.4 is 0 Å². The molecule has 0 fully saturated rings. The third kappa shape index (κ3) is 2.16. The topological polar surface area (TPSA) is 55.0 Å². The van der Waals surface area contributed by atoms with Crippen molar-refractivity contribution in [2.24, 2.45) is 0 Å². The van der Waals surface area contributed by atoms with Crippen LogP contribution >= 0.6 is 0 Å². The lowest BCUT2D eigenvalue weighted by molar-refractivity contribution is 0.0601. The van der Waals surface area contributed by atoms with Crippen molar-refractivity contribution in [2.45, 2.75) is 0 Å². The number of nitrogens with zero attached hydrogens (tertiary/aromatic N) is 1. The van der Waals surface area contributed by atoms with E-state index in [4.69, 9.17) is 4.74 Å². The first-order valence-electron chi connectivity index (χ1n) is 7.32. The van der Waals surface area contributed by atoms with Gasteiger partial charge < -0.3 is 9.72 Å². The first-order chi connectivity index (χ1) is 11.3. The van der Waals surface area contributed by atoms with E-state index in [-0.39, 0.29) is 5.97 Å². The quantitative estimate of drug-likeness (QED) is 0.565. The predicted octanol–water partition coefficient (Wildman–Crippen LogP) is 4.17. The molecule has 2 heterocycles. The van der Waals surface area contributed by atoms with Crippen molar-refractivity contribution >= 4 is 27.8 Å². The van der Waals surface area contributed by atoms with Crippen molar-refractivity contribution in [3.8, 4) is 11.3 Å². The molecule has 0 saturated heterocycles. The van der Waals surface area contributed by atoms with Crippen molar-refractivity contribution in [3.05, 3.63) is 66.4 Å². The summed E-state index contributed by atoms with van der Waals surface area (Å²) >= 11 is 0. The second-order valence-electron chi connectivity index (χ2n) is 5.32. The third-order valence-electron chi connectivity index (χ3n) is 4.01. The monoisotopic (exact) mass is 302 g/mol. The normalized spacial score (nSPS) is 11.0. The van der Waals surface area contributed by atoms with Crippen molar-refractivity contribution in [2.75, 3.05) is 7.11 Å². The number of methoxy groups -OCH3 is 1. The summed E-state index contributed by atoms with van der Waals surface area (Å²) in [6.45, 7) is 0. The maximum atomic E-state index is 11.5. The molecule has 112 valence electrons. The number of hydrogen-bond donors (Lipinski definition) is 1. The summed E-state index contributed by atoms with van der Waals surface area (Å²) in [6, 6.07) is 17.5. The molecule has 1 N–H and O–H groups in total. The number of rotatable bonds is 2. The van der Waals surface area contributed by atoms with Crippen LogP contribution in [0.15, 0.2) is 60.8 Å². The SMILES string of the molecule is COC(=O)c1ccc(-c2nccc3c2[nH]c2ccccc23)cc1. The Kier molecular flexibility index (Phi) is 3.08. The van der Waals surface area contributed by atoms with Crippen LogP contribution in [0.25, 0.3) is 33.1 Å². The second-order valence-corrected chi connectivity index (χ2v) is 5.32. The third-order valence-corrected chi connectivity index (χ3v) is 4.01. The van der Waals surface area contributed by atoms with Gasteiger partial charge in [0.2, 0.25) is 0 Å². The molecular formula is C19H14N2O2. The van der Waals surface area contributed by atoms with Gasteiger partial charge in [0, 0.05) is 28.0 Å². The van der Waals surface area contributed by atoms with Crippen molar-refractivity contribution in [3.63, 3.8) is 0 Å². The summed E-state index contributed by atoms with van der Waals surface area (Å²) < 4.78 is 4.73. The van der Waals surface area contributed by atoms with Crippen LogP contribution in [0.4, 0.5) is 0 Å². The predicted molar refractivity (Wildman–Crippen MR) is 90.4 cm³/mol. The van der Waals surface area contributed by atoms with Gasteiger partial charge in [-0.25, -0.2) is 4.79 Å². The summed E-state index contributed by atoms with van der Waals surface area (Å²) in [5.74, 6) is -0.340. The van der Waals surface area contributed by atoms with Gasteiger partial charge in [0.25, 0.3) is 0 Å². The minimum absolute atomic E-state index is 0.340. The summed E-state index contributed by atoms with van der Waals surface area (Å²) in [6.07, 6.45) is 1.81. The van der Waals surface area contributed by atoms with Gasteiger partial charge in [-0.3, -0.25) is 4.98 Å². The molecule has 4 heteroatoms. The van der Waals surface area contributed by atoms with Crippen molar-refractivity contribution in [1.82, 2.24) is 9.97 Å². The van der Waals surface area contributed by atoms with Crippen molar-refractivity contribution < 1.29 is 9.53 Å². The zero-order valence-corrected chi connectivity index (χ0v) is 12.5. The number of carbonyl (C=O) groups excluding carboxylic acids is 1. The van der Waals surface area contributed by atoms with Crippen LogP contribution in [0.2, 0.25) is 0 Å². The van der Waals surface area contributed by atoms with E-state index in [9.17, 15) is 4.79 Å². The molecule has 2 aromatic carbocycles. The van der Waals surface area contributed by atoms with E-state index in [1.165, 1.54) is 12.5 Å². The summed E-state index contributed by atoms with van der Waals surface area (Å²) in [4.78, 5) is 19.5. The Morgan fingerprint density at radius 3 is 2.57 bits per heavy atom. The molecule has 0 amide bonds. The molecule has 4 nitrogen and oxygen atoms in total. The Morgan fingerprint density at radius 1 is 1.00 bits per heavy atom. The summed E-state index contributed by atoms with van der Waals surface area (Å²) in [5.41, 5.74) is 4.44. The number of pyridine rings is 1. The number of H-pyrrole nitrogens is 1. The number of ether oxygens (including phenoxy) is 1. The van der Waals surface area contributed by atoms with Crippen LogP contribution in [0, 0.1) is 0 Å². The van der Waals surface area contributed by atoms with Crippen LogP contribution in [0.1, 0.15) is 10.4 Å². The van der Waals surface area contributed by atoms with E-state index < -0.39 is 0 Å². The molecule has 4 aromatic rings. The summed E-state index contributed by atoms with van der Waals surface area (Å²) in [7, 11) is 1.38. The van der Waals surface area contributed by atoms with Gasteiger partial charge in [-0.2, -0.15) is 0 Å². The Labute approximate surface area is 132 Å². The highest BCUT2D eigenvalue weighted by molar-refractivity contribution is 6.10. The number of benzene rings is 2. The lowest BCUT2D eigenvalue weighted by Crippen LogP contribution is -2.00. The zero-order chi connectivity index (χ0) is 15.8. The average molecular weight is 302 g/mol. The van der Waals surface area contributed by atoms with Gasteiger partial charge in [-0.1, -0.05) is 30.3 Å². The van der Waals surface area contributed by atoms with Gasteiger partial charge in [0.1, 0.15) is 0 Å². The van der Waals surface area contributed by atoms with Crippen LogP contribution in [-0.4, -0.2) is 23.0 Å². The molecule has 0 radical (unpaired) electrons. The minimum Gasteiger partial charge on any atom is -0.465 e. The van der Waals surface area contributed by atoms with Gasteiger partial charge in [0.05, 0.1) is 23.9 Å². The van der Waals surface area contributed by atoms with Gasteiger partial charge >= 0.3 is 5.97 Å². The number of fused-ring (bicyclic) bond motifs is 3. The molecule has 0 aliphatic carbocycles. The van der Waals surface area contributed by atoms with E-state index in [1.54, 1.807) is 12.1 Å². The first-order valence-corrected chi connectivity index (χ1v) is 7.32. The molecule has 0 spiro atoms. The summed E-state index contributed by atoms with van der Waals surface area (Å²) in [5, 5.41) is 2.32. The standard InChI is InChI=1S/C19H14N2O2/c1-23-19(22)13-8-6-12(7-9-13)17-18-15(10-11-20-17)14-4-2-3-5-16(14)21-18/h2-11,21H,1H3. The fourth-order valence-electron chi connectivity index (χ4n) is 2.88. The maximum Gasteiger partial charge on any atom is 0.337 e. The molecular weight excluding hydrogens is 288 g/mol. The maximum absolute atomic E-state index is 11.5. The van der Waals surface area contributed by atoms with E-state index in [1.807, 2.05) is 36.5 Å². The average Bonchev–Trinajstić information content (AvgIpc) is 3.00. The number of nitrogens with one attached hydrogen (secondary N) is 1. The largest absolute Gasteiger partial charge is 0.465 e. The fraction of sp³-hybridized carbons (Fsp3) is 0.0526. The molecule has 0 bridgehead atoms. The Hall–Kier alpha value is -3.14. The Bertz CT molecular complexity index is 1020. The van der Waals surface area contributed by atoms with Gasteiger partial charge in [0.15, 0.2) is 0 Å². The number of para-hydroxylation sites is 1. The lowest BCUT2D eigenvalue weighted by atomic mass is 10.1. The zero-order valence-electron chi connectivity index (χ0n) is 12.5. The Balaban J connectivity index is 1.90. The number of carbonyl (C=O) groups is 1. The van der Waals surface area contributed by atoms with Gasteiger partial charge in [-0.15, -0.1) is 0 Å². The molecule has 4 rings (SSSR count). The number of aromatic nitrogens is 2. The molecule has 0 aliphatic rings. The first kappa shape index (κ1) is 13.5. The number of esters is 1. The van der Waals surface area contributed by atoms with E-state index in [2.05, 4.69) is 22.1 Å². The van der Waals surface area contributed by atoms with E-state index in [0.29, 0.717) is 5.56 Å². The second kappa shape index (κ2) is 5.25. The highest BCUT2D eigenvalue weighted by Gasteiger charge is 2.11. The molecule has 2 aromatic heterocycles. The van der Waals surface area contributed by atoms with E-state index in [0.717, 1.165) is 27.7 Å². The van der Waals surface area contributed by atoms with Crippen LogP contribution in [0.3, 0.4) is 0 Å². The van der Waals surface area contributed by atoms with Crippen LogP contribution in [-0.2, 0) is 4.74 Å². The molecule has 0 atom stereocenters. The highest BCUT2D eigenvalue weighted by Crippen LogP contribution is 2.31. The van der Waals surface area contributed by atoms with Gasteiger partial charge in [-0.05, 0) is 24.3 Å². The molecule has 23 heavy (non-hydrogen) atoms. The number of aromatic amines is 1.